The number of nitrogens with zero attached hydrogens (tertiary/aromatic N) is 2. The molecular formula is C25H31Cl2N3O2. The molecule has 1 saturated carbocycles. The molecule has 1 aliphatic heterocycles. The average Bonchev–Trinajstić information content (AvgIpc) is 3.24. The van der Waals surface area contributed by atoms with E-state index in [1.807, 2.05) is 38.2 Å². The van der Waals surface area contributed by atoms with Crippen molar-refractivity contribution >= 4 is 34.9 Å². The number of nitrogens with one attached hydrogen (secondary N) is 1. The van der Waals surface area contributed by atoms with Gasteiger partial charge in [0.2, 0.25) is 0 Å². The van der Waals surface area contributed by atoms with E-state index < -0.39 is 0 Å². The van der Waals surface area contributed by atoms with Gasteiger partial charge < -0.3 is 15.0 Å². The second-order valence-corrected chi connectivity index (χ2v) is 9.85. The lowest BCUT2D eigenvalue weighted by Gasteiger charge is -2.37. The predicted molar refractivity (Wildman–Crippen MR) is 131 cm³/mol. The lowest BCUT2D eigenvalue weighted by molar-refractivity contribution is 0.0532. The van der Waals surface area contributed by atoms with E-state index >= 15 is 0 Å². The summed E-state index contributed by atoms with van der Waals surface area (Å²) < 4.78 is 6.19. The van der Waals surface area contributed by atoms with Gasteiger partial charge in [-0.1, -0.05) is 41.4 Å². The van der Waals surface area contributed by atoms with Crippen molar-refractivity contribution in [2.75, 3.05) is 32.0 Å². The highest BCUT2D eigenvalue weighted by Gasteiger charge is 2.33. The third-order valence-corrected chi connectivity index (χ3v) is 7.26. The lowest BCUT2D eigenvalue weighted by Crippen LogP contribution is -2.43. The maximum absolute atomic E-state index is 12.5. The van der Waals surface area contributed by atoms with Crippen LogP contribution in [-0.2, 0) is 6.54 Å². The van der Waals surface area contributed by atoms with Crippen molar-refractivity contribution in [2.45, 2.75) is 45.3 Å². The number of likely N-dealkylation sites (tertiary alicyclic amines) is 1. The van der Waals surface area contributed by atoms with Gasteiger partial charge in [-0.3, -0.25) is 4.90 Å². The first-order valence-electron chi connectivity index (χ1n) is 11.3. The Morgan fingerprint density at radius 2 is 1.94 bits per heavy atom. The van der Waals surface area contributed by atoms with Crippen molar-refractivity contribution < 1.29 is 9.53 Å². The molecule has 1 N–H and O–H groups in total. The first kappa shape index (κ1) is 23.2. The largest absolute Gasteiger partial charge is 0.489 e. The highest BCUT2D eigenvalue weighted by atomic mass is 35.5. The maximum atomic E-state index is 12.5. The van der Waals surface area contributed by atoms with E-state index in [9.17, 15) is 4.79 Å². The molecule has 0 bridgehead atoms. The first-order chi connectivity index (χ1) is 15.4. The minimum absolute atomic E-state index is 0.132. The second kappa shape index (κ2) is 10.3. The molecule has 0 spiro atoms. The van der Waals surface area contributed by atoms with E-state index in [0.717, 1.165) is 54.4 Å². The Morgan fingerprint density at radius 1 is 1.19 bits per heavy atom. The molecule has 2 amide bonds. The average molecular weight is 476 g/mol. The van der Waals surface area contributed by atoms with Gasteiger partial charge in [0.1, 0.15) is 5.75 Å². The standard InChI is InChI=1S/C25H31Cl2N3O2/c1-17-8-9-20(14-22(17)26)28-25(31)29(2)15-18-12-21(13-18)32-23-7-5-6-19(24(23)27)16-30-10-3-4-11-30/h5-9,14,18,21H,3-4,10-13,15-16H2,1-2H3,(H,28,31). The van der Waals surface area contributed by atoms with Crippen LogP contribution < -0.4 is 10.1 Å². The van der Waals surface area contributed by atoms with Crippen LogP contribution in [0.25, 0.3) is 0 Å². The summed E-state index contributed by atoms with van der Waals surface area (Å²) in [6, 6.07) is 11.5. The molecule has 7 heteroatoms. The number of hydrogen-bond acceptors (Lipinski definition) is 3. The molecule has 0 atom stereocenters. The summed E-state index contributed by atoms with van der Waals surface area (Å²) in [5.41, 5.74) is 2.82. The molecule has 0 aromatic heterocycles. The Bertz CT molecular complexity index is 956. The van der Waals surface area contributed by atoms with Crippen LogP contribution in [0.3, 0.4) is 0 Å². The molecular weight excluding hydrogens is 445 g/mol. The van der Waals surface area contributed by atoms with Crippen LogP contribution >= 0.6 is 23.2 Å². The van der Waals surface area contributed by atoms with Crippen molar-refractivity contribution in [2.24, 2.45) is 5.92 Å². The third-order valence-electron chi connectivity index (χ3n) is 6.42. The Labute approximate surface area is 200 Å². The zero-order valence-corrected chi connectivity index (χ0v) is 20.3. The summed E-state index contributed by atoms with van der Waals surface area (Å²) in [5.74, 6) is 1.19. The number of halogens is 2. The van der Waals surface area contributed by atoms with E-state index in [0.29, 0.717) is 23.2 Å². The van der Waals surface area contributed by atoms with Gasteiger partial charge in [-0.25, -0.2) is 4.79 Å². The lowest BCUT2D eigenvalue weighted by atomic mass is 9.82. The number of carbonyl (C=O) groups excluding carboxylic acids is 1. The molecule has 2 aliphatic rings. The fourth-order valence-electron chi connectivity index (χ4n) is 4.41. The summed E-state index contributed by atoms with van der Waals surface area (Å²) in [4.78, 5) is 16.7. The van der Waals surface area contributed by atoms with Gasteiger partial charge in [-0.15, -0.1) is 0 Å². The van der Waals surface area contributed by atoms with Gasteiger partial charge in [-0.05, 0) is 80.9 Å². The molecule has 1 aliphatic carbocycles. The highest BCUT2D eigenvalue weighted by Crippen LogP contribution is 2.36. The van der Waals surface area contributed by atoms with Gasteiger partial charge in [0.25, 0.3) is 0 Å². The minimum Gasteiger partial charge on any atom is -0.489 e. The Balaban J connectivity index is 1.23. The summed E-state index contributed by atoms with van der Waals surface area (Å²) in [6.07, 6.45) is 4.51. The Morgan fingerprint density at radius 3 is 2.66 bits per heavy atom. The molecule has 4 rings (SSSR count). The van der Waals surface area contributed by atoms with Gasteiger partial charge in [0, 0.05) is 30.8 Å². The van der Waals surface area contributed by atoms with Crippen LogP contribution in [0.15, 0.2) is 36.4 Å². The highest BCUT2D eigenvalue weighted by molar-refractivity contribution is 6.32. The maximum Gasteiger partial charge on any atom is 0.321 e. The molecule has 32 heavy (non-hydrogen) atoms. The molecule has 1 heterocycles. The summed E-state index contributed by atoms with van der Waals surface area (Å²) in [5, 5.41) is 4.29. The number of amides is 2. The number of rotatable bonds is 7. The number of anilines is 1. The second-order valence-electron chi connectivity index (χ2n) is 9.06. The van der Waals surface area contributed by atoms with Crippen molar-refractivity contribution in [3.8, 4) is 5.75 Å². The van der Waals surface area contributed by atoms with E-state index in [-0.39, 0.29) is 12.1 Å². The van der Waals surface area contributed by atoms with Crippen LogP contribution in [0, 0.1) is 12.8 Å². The van der Waals surface area contributed by atoms with E-state index in [1.165, 1.54) is 12.8 Å². The third kappa shape index (κ3) is 5.69. The zero-order valence-electron chi connectivity index (χ0n) is 18.7. The quantitative estimate of drug-likeness (QED) is 0.516. The predicted octanol–water partition coefficient (Wildman–Crippen LogP) is 6.22. The molecule has 0 unspecified atom stereocenters. The number of benzene rings is 2. The van der Waals surface area contributed by atoms with Gasteiger partial charge in [0.05, 0.1) is 11.1 Å². The van der Waals surface area contributed by atoms with Crippen LogP contribution in [0.1, 0.15) is 36.8 Å². The minimum atomic E-state index is -0.132. The SMILES string of the molecule is Cc1ccc(NC(=O)N(C)CC2CC(Oc3cccc(CN4CCCC4)c3Cl)C2)cc1Cl. The van der Waals surface area contributed by atoms with Gasteiger partial charge in [0.15, 0.2) is 0 Å². The van der Waals surface area contributed by atoms with Crippen LogP contribution in [0.4, 0.5) is 10.5 Å². The Hall–Kier alpha value is -1.95. The number of urea groups is 1. The smallest absolute Gasteiger partial charge is 0.321 e. The molecule has 5 nitrogen and oxygen atoms in total. The van der Waals surface area contributed by atoms with E-state index in [1.54, 1.807) is 11.0 Å². The fourth-order valence-corrected chi connectivity index (χ4v) is 4.82. The number of hydrogen-bond donors (Lipinski definition) is 1. The van der Waals surface area contributed by atoms with Gasteiger partial charge in [-0.2, -0.15) is 0 Å². The zero-order chi connectivity index (χ0) is 22.7. The first-order valence-corrected chi connectivity index (χ1v) is 12.1. The summed E-state index contributed by atoms with van der Waals surface area (Å²) in [6.45, 7) is 5.79. The van der Waals surface area contributed by atoms with E-state index in [4.69, 9.17) is 27.9 Å². The van der Waals surface area contributed by atoms with Crippen LogP contribution in [0.5, 0.6) is 5.75 Å². The normalized spacial score (nSPS) is 20.6. The molecule has 172 valence electrons. The molecule has 2 fully saturated rings. The number of ether oxygens (including phenoxy) is 1. The fraction of sp³-hybridized carbons (Fsp3) is 0.480. The van der Waals surface area contributed by atoms with E-state index in [2.05, 4.69) is 16.3 Å². The molecule has 1 saturated heterocycles. The van der Waals surface area contributed by atoms with Crippen molar-refractivity contribution in [3.05, 3.63) is 57.6 Å². The monoisotopic (exact) mass is 475 g/mol. The summed E-state index contributed by atoms with van der Waals surface area (Å²) >= 11 is 12.8. The van der Waals surface area contributed by atoms with Crippen molar-refractivity contribution in [3.63, 3.8) is 0 Å². The van der Waals surface area contributed by atoms with Gasteiger partial charge >= 0.3 is 6.03 Å². The van der Waals surface area contributed by atoms with Crippen LogP contribution in [-0.4, -0.2) is 48.6 Å². The molecule has 2 aromatic rings. The van der Waals surface area contributed by atoms with Crippen LogP contribution in [0.2, 0.25) is 10.0 Å². The molecule has 2 aromatic carbocycles. The topological polar surface area (TPSA) is 44.8 Å². The Kier molecular flexibility index (Phi) is 7.49. The number of aryl methyl sites for hydroxylation is 1. The van der Waals surface area contributed by atoms with Crippen molar-refractivity contribution in [1.82, 2.24) is 9.80 Å². The van der Waals surface area contributed by atoms with Crippen molar-refractivity contribution in [1.29, 1.82) is 0 Å². The number of carbonyl (C=O) groups is 1. The molecule has 0 radical (unpaired) electrons. The summed E-state index contributed by atoms with van der Waals surface area (Å²) in [7, 11) is 1.82.